The molecule has 6 heteroatoms. The molecule has 0 spiro atoms. The molecule has 0 unspecified atom stereocenters. The molecular formula is C30H32N2O3S. The number of aryl methyl sites for hydroxylation is 3. The molecule has 0 radical (unpaired) electrons. The molecule has 1 saturated carbocycles. The topological polar surface area (TPSA) is 57.3 Å². The molecule has 186 valence electrons. The Hall–Kier alpha value is -2.86. The fourth-order valence-corrected chi connectivity index (χ4v) is 9.08. The van der Waals surface area contributed by atoms with Gasteiger partial charge < -0.3 is 9.15 Å². The molecule has 3 aliphatic rings. The maximum absolute atomic E-state index is 13.8. The number of hydrogen-bond acceptors (Lipinski definition) is 5. The van der Waals surface area contributed by atoms with Gasteiger partial charge in [0.15, 0.2) is 0 Å². The largest absolute Gasteiger partial charge is 0.497 e. The number of methoxy groups -OCH3 is 1. The van der Waals surface area contributed by atoms with Gasteiger partial charge in [0, 0.05) is 17.8 Å². The lowest BCUT2D eigenvalue weighted by Crippen LogP contribution is -2.43. The number of rotatable bonds is 5. The zero-order valence-electron chi connectivity index (χ0n) is 21.0. The van der Waals surface area contributed by atoms with E-state index < -0.39 is 0 Å². The third kappa shape index (κ3) is 3.26. The zero-order chi connectivity index (χ0) is 24.4. The van der Waals surface area contributed by atoms with Gasteiger partial charge in [-0.15, -0.1) is 11.3 Å². The average Bonchev–Trinajstić information content (AvgIpc) is 3.60. The van der Waals surface area contributed by atoms with E-state index in [1.54, 1.807) is 31.0 Å². The van der Waals surface area contributed by atoms with Crippen LogP contribution < -0.4 is 10.3 Å². The Morgan fingerprint density at radius 2 is 2.19 bits per heavy atom. The summed E-state index contributed by atoms with van der Waals surface area (Å²) in [6.07, 6.45) is 10.9. The lowest BCUT2D eigenvalue weighted by molar-refractivity contribution is 0.106. The molecule has 5 nitrogen and oxygen atoms in total. The molecule has 0 bridgehead atoms. The molecule has 3 aliphatic carbocycles. The summed E-state index contributed by atoms with van der Waals surface area (Å²) in [4.78, 5) is 20.9. The van der Waals surface area contributed by atoms with Crippen molar-refractivity contribution >= 4 is 21.6 Å². The van der Waals surface area contributed by atoms with Crippen molar-refractivity contribution in [2.45, 2.75) is 69.7 Å². The summed E-state index contributed by atoms with van der Waals surface area (Å²) in [7, 11) is 1.75. The number of thiophene rings is 1. The molecule has 36 heavy (non-hydrogen) atoms. The van der Waals surface area contributed by atoms with Crippen molar-refractivity contribution in [3.63, 3.8) is 0 Å². The smallest absolute Gasteiger partial charge is 0.262 e. The van der Waals surface area contributed by atoms with Gasteiger partial charge in [0.05, 0.1) is 25.1 Å². The fourth-order valence-electron chi connectivity index (χ4n) is 7.75. The highest BCUT2D eigenvalue weighted by molar-refractivity contribution is 7.18. The molecule has 1 aromatic carbocycles. The molecule has 3 heterocycles. The van der Waals surface area contributed by atoms with Crippen molar-refractivity contribution in [3.8, 4) is 5.75 Å². The van der Waals surface area contributed by atoms with Gasteiger partial charge in [0.1, 0.15) is 16.3 Å². The van der Waals surface area contributed by atoms with E-state index in [9.17, 15) is 4.79 Å². The predicted octanol–water partition coefficient (Wildman–Crippen LogP) is 6.26. The lowest BCUT2D eigenvalue weighted by atomic mass is 9.55. The Labute approximate surface area is 215 Å². The number of furan rings is 1. The Morgan fingerprint density at radius 3 is 3.03 bits per heavy atom. The third-order valence-corrected chi connectivity index (χ3v) is 10.6. The van der Waals surface area contributed by atoms with Crippen LogP contribution in [0.1, 0.15) is 65.9 Å². The molecule has 4 atom stereocenters. The quantitative estimate of drug-likeness (QED) is 0.324. The zero-order valence-corrected chi connectivity index (χ0v) is 21.8. The summed E-state index contributed by atoms with van der Waals surface area (Å²) in [5, 5.41) is 0.903. The minimum atomic E-state index is 0.0624. The van der Waals surface area contributed by atoms with E-state index in [1.165, 1.54) is 34.4 Å². The van der Waals surface area contributed by atoms with Crippen LogP contribution in [0.15, 0.2) is 52.1 Å². The summed E-state index contributed by atoms with van der Waals surface area (Å²) in [5.41, 5.74) is 4.55. The van der Waals surface area contributed by atoms with Gasteiger partial charge in [0.25, 0.3) is 5.56 Å². The average molecular weight is 501 g/mol. The van der Waals surface area contributed by atoms with Crippen LogP contribution in [0.2, 0.25) is 0 Å². The van der Waals surface area contributed by atoms with Crippen molar-refractivity contribution in [1.82, 2.24) is 9.55 Å². The number of nitrogens with zero attached hydrogens (tertiary/aromatic N) is 2. The number of benzene rings is 1. The first-order chi connectivity index (χ1) is 17.6. The number of ether oxygens (including phenoxy) is 1. The highest BCUT2D eigenvalue weighted by atomic mass is 32.1. The van der Waals surface area contributed by atoms with Crippen molar-refractivity contribution in [1.29, 1.82) is 0 Å². The van der Waals surface area contributed by atoms with E-state index in [4.69, 9.17) is 14.1 Å². The van der Waals surface area contributed by atoms with Gasteiger partial charge in [0.2, 0.25) is 0 Å². The predicted molar refractivity (Wildman–Crippen MR) is 142 cm³/mol. The van der Waals surface area contributed by atoms with E-state index in [0.717, 1.165) is 53.8 Å². The van der Waals surface area contributed by atoms with Crippen LogP contribution in [0, 0.1) is 11.8 Å². The van der Waals surface area contributed by atoms with E-state index in [1.807, 2.05) is 16.7 Å². The number of fused-ring (bicyclic) bond motifs is 9. The monoisotopic (exact) mass is 500 g/mol. The Balaban J connectivity index is 1.21. The second kappa shape index (κ2) is 8.34. The van der Waals surface area contributed by atoms with Gasteiger partial charge in [-0.05, 0) is 103 Å². The molecule has 0 saturated heterocycles. The first-order valence-electron chi connectivity index (χ1n) is 13.3. The van der Waals surface area contributed by atoms with Gasteiger partial charge in [-0.2, -0.15) is 0 Å². The summed E-state index contributed by atoms with van der Waals surface area (Å²) in [6, 6.07) is 10.6. The van der Waals surface area contributed by atoms with Gasteiger partial charge >= 0.3 is 0 Å². The maximum Gasteiger partial charge on any atom is 0.262 e. The van der Waals surface area contributed by atoms with E-state index in [0.29, 0.717) is 24.3 Å². The molecule has 1 fully saturated rings. The van der Waals surface area contributed by atoms with Gasteiger partial charge in [-0.1, -0.05) is 13.0 Å². The van der Waals surface area contributed by atoms with Crippen LogP contribution in [0.5, 0.6) is 5.75 Å². The van der Waals surface area contributed by atoms with Crippen molar-refractivity contribution in [3.05, 3.63) is 80.6 Å². The Bertz CT molecular complexity index is 1500. The van der Waals surface area contributed by atoms with Crippen molar-refractivity contribution in [2.75, 3.05) is 7.11 Å². The van der Waals surface area contributed by atoms with E-state index in [-0.39, 0.29) is 11.0 Å². The van der Waals surface area contributed by atoms with Gasteiger partial charge in [-0.25, -0.2) is 4.98 Å². The lowest BCUT2D eigenvalue weighted by Gasteiger charge is -2.49. The summed E-state index contributed by atoms with van der Waals surface area (Å²) < 4.78 is 12.8. The highest BCUT2D eigenvalue weighted by Gasteiger charge is 2.54. The number of hydrogen-bond donors (Lipinski definition) is 0. The van der Waals surface area contributed by atoms with Crippen LogP contribution in [0.4, 0.5) is 0 Å². The first kappa shape index (κ1) is 22.3. The maximum atomic E-state index is 13.8. The summed E-state index contributed by atoms with van der Waals surface area (Å²) in [6.45, 7) is 3.11. The first-order valence-corrected chi connectivity index (χ1v) is 14.1. The van der Waals surface area contributed by atoms with Crippen LogP contribution in [0.3, 0.4) is 0 Å². The van der Waals surface area contributed by atoms with Crippen LogP contribution in [-0.4, -0.2) is 16.7 Å². The van der Waals surface area contributed by atoms with Crippen molar-refractivity contribution in [2.24, 2.45) is 11.8 Å². The van der Waals surface area contributed by atoms with E-state index in [2.05, 4.69) is 25.1 Å². The van der Waals surface area contributed by atoms with Crippen molar-refractivity contribution < 1.29 is 9.15 Å². The third-order valence-electron chi connectivity index (χ3n) is 9.45. The second-order valence-electron chi connectivity index (χ2n) is 11.1. The molecule has 4 aromatic rings. The van der Waals surface area contributed by atoms with Crippen LogP contribution in [-0.2, 0) is 31.2 Å². The minimum absolute atomic E-state index is 0.0624. The van der Waals surface area contributed by atoms with Crippen LogP contribution in [0.25, 0.3) is 10.2 Å². The highest BCUT2D eigenvalue weighted by Crippen LogP contribution is 2.62. The molecular weight excluding hydrogens is 468 g/mol. The molecule has 0 N–H and O–H groups in total. The van der Waals surface area contributed by atoms with E-state index >= 15 is 0 Å². The standard InChI is InChI=1S/C30H32N2O3S/c1-30-12-11-22-21-10-8-20(34-2)15-18(21)7-9-23(22)24(30)16-25-27(30)26-28(36-25)31-17-32(29(26)33)13-3-5-19-6-4-14-35-19/h4,6,8,10,14-15,17,22-24H,3,5,7,9,11-13,16H2,1-2H3/t22-,23+,24-,30-/m1/s1. The van der Waals surface area contributed by atoms with Gasteiger partial charge in [-0.3, -0.25) is 9.36 Å². The minimum Gasteiger partial charge on any atom is -0.497 e. The molecule has 7 rings (SSSR count). The molecule has 0 amide bonds. The second-order valence-corrected chi connectivity index (χ2v) is 12.2. The Morgan fingerprint density at radius 1 is 1.28 bits per heavy atom. The summed E-state index contributed by atoms with van der Waals surface area (Å²) >= 11 is 1.77. The molecule has 0 aliphatic heterocycles. The fraction of sp³-hybridized carbons (Fsp3) is 0.467. The summed E-state index contributed by atoms with van der Waals surface area (Å²) in [5.74, 6) is 3.83. The SMILES string of the molecule is COc1ccc2c(c1)CC[C@H]1[C@@H]2CC[C@@]2(C)c3c(sc4ncn(CCCc5ccco5)c(=O)c34)C[C@H]12. The number of aromatic nitrogens is 2. The normalized spacial score (nSPS) is 26.3. The Kier molecular flexibility index (Phi) is 5.18. The van der Waals surface area contributed by atoms with Crippen LogP contribution >= 0.6 is 11.3 Å². The molecule has 3 aromatic heterocycles.